The monoisotopic (exact) mass is 452 g/mol. The highest BCUT2D eigenvalue weighted by Gasteiger charge is 2.38. The van der Waals surface area contributed by atoms with Crippen molar-refractivity contribution < 1.29 is 23.9 Å². The molecule has 0 N–H and O–H groups in total. The number of allylic oxidation sites excluding steroid dienone is 1. The number of esters is 2. The summed E-state index contributed by atoms with van der Waals surface area (Å²) in [5.41, 5.74) is 0.602. The summed E-state index contributed by atoms with van der Waals surface area (Å²) in [4.78, 5) is 39.0. The molecular weight excluding hydrogens is 404 g/mol. The lowest BCUT2D eigenvalue weighted by atomic mass is 9.79. The molecule has 0 fully saturated rings. The minimum absolute atomic E-state index is 0.135. The van der Waals surface area contributed by atoms with E-state index in [1.165, 1.54) is 12.8 Å². The lowest BCUT2D eigenvalue weighted by Gasteiger charge is -2.25. The maximum atomic E-state index is 13.3. The van der Waals surface area contributed by atoms with Gasteiger partial charge < -0.3 is 9.47 Å². The summed E-state index contributed by atoms with van der Waals surface area (Å²) in [5, 5.41) is 0. The molecule has 0 spiro atoms. The van der Waals surface area contributed by atoms with E-state index in [4.69, 9.17) is 9.47 Å². The van der Waals surface area contributed by atoms with Gasteiger partial charge in [-0.2, -0.15) is 0 Å². The average Bonchev–Trinajstić information content (AvgIpc) is 2.76. The van der Waals surface area contributed by atoms with E-state index in [1.807, 2.05) is 6.08 Å². The van der Waals surface area contributed by atoms with Gasteiger partial charge in [0.2, 0.25) is 0 Å². The Morgan fingerprint density at radius 2 is 1.22 bits per heavy atom. The van der Waals surface area contributed by atoms with Crippen LogP contribution < -0.4 is 0 Å². The molecule has 1 unspecified atom stereocenters. The normalized spacial score (nSPS) is 12.6. The zero-order valence-electron chi connectivity index (χ0n) is 21.4. The zero-order valence-corrected chi connectivity index (χ0v) is 21.4. The van der Waals surface area contributed by atoms with E-state index in [-0.39, 0.29) is 19.0 Å². The number of Topliss-reactive ketones (excluding diaryl/α,β-unsaturated/α-hetero) is 1. The van der Waals surface area contributed by atoms with Gasteiger partial charge in [-0.05, 0) is 45.1 Å². The molecule has 0 aromatic rings. The van der Waals surface area contributed by atoms with Crippen molar-refractivity contribution >= 4 is 17.7 Å². The van der Waals surface area contributed by atoms with Crippen molar-refractivity contribution in [3.8, 4) is 0 Å². The van der Waals surface area contributed by atoms with Crippen molar-refractivity contribution in [3.63, 3.8) is 0 Å². The second kappa shape index (κ2) is 20.0. The van der Waals surface area contributed by atoms with E-state index in [0.717, 1.165) is 57.8 Å². The van der Waals surface area contributed by atoms with Gasteiger partial charge in [0.1, 0.15) is 5.78 Å². The van der Waals surface area contributed by atoms with Crippen LogP contribution in [0.5, 0.6) is 0 Å². The van der Waals surface area contributed by atoms with Crippen LogP contribution in [0.3, 0.4) is 0 Å². The molecule has 0 aliphatic rings. The molecule has 0 aromatic carbocycles. The Hall–Kier alpha value is -1.65. The highest BCUT2D eigenvalue weighted by Crippen LogP contribution is 2.31. The van der Waals surface area contributed by atoms with Gasteiger partial charge in [0.25, 0.3) is 0 Å². The summed E-state index contributed by atoms with van der Waals surface area (Å²) in [6.45, 7) is 10.2. The molecule has 0 amide bonds. The molecule has 0 saturated heterocycles. The van der Waals surface area contributed by atoms with E-state index in [2.05, 4.69) is 20.8 Å². The summed E-state index contributed by atoms with van der Waals surface area (Å²) in [6.07, 6.45) is 14.2. The van der Waals surface area contributed by atoms with E-state index in [1.54, 1.807) is 13.8 Å². The molecule has 32 heavy (non-hydrogen) atoms. The topological polar surface area (TPSA) is 69.7 Å². The highest BCUT2D eigenvalue weighted by atomic mass is 16.6. The molecule has 0 rings (SSSR count). The van der Waals surface area contributed by atoms with Crippen LogP contribution in [-0.2, 0) is 23.9 Å². The molecule has 5 nitrogen and oxygen atoms in total. The van der Waals surface area contributed by atoms with Crippen LogP contribution in [0.15, 0.2) is 11.6 Å². The summed E-state index contributed by atoms with van der Waals surface area (Å²) in [6, 6.07) is 0. The number of unbranched alkanes of at least 4 members (excludes halogenated alkanes) is 8. The fourth-order valence-electron chi connectivity index (χ4n) is 3.94. The van der Waals surface area contributed by atoms with Gasteiger partial charge in [0.05, 0.1) is 13.2 Å². The third-order valence-corrected chi connectivity index (χ3v) is 5.73. The molecule has 0 bridgehead atoms. The van der Waals surface area contributed by atoms with Crippen molar-refractivity contribution in [2.45, 2.75) is 118 Å². The minimum Gasteiger partial charge on any atom is -0.465 e. The van der Waals surface area contributed by atoms with Gasteiger partial charge in [-0.3, -0.25) is 14.4 Å². The fraction of sp³-hybridized carbons (Fsp3) is 0.815. The van der Waals surface area contributed by atoms with Gasteiger partial charge in [0.15, 0.2) is 5.92 Å². The molecule has 5 heteroatoms. The largest absolute Gasteiger partial charge is 0.465 e. The van der Waals surface area contributed by atoms with E-state index in [9.17, 15) is 14.4 Å². The minimum atomic E-state index is -1.15. The van der Waals surface area contributed by atoms with Crippen LogP contribution >= 0.6 is 0 Å². The molecule has 186 valence electrons. The standard InChI is InChI=1S/C27H48O5/c1-6-11-14-16-18-21-24(28)22(19-13-8-3)23(20-17-15-12-7-2)25(26(29)31-9-4)27(30)32-10-5/h20,22,25H,6-19,21H2,1-5H3/b23-20+. The second-order valence-electron chi connectivity index (χ2n) is 8.46. The lowest BCUT2D eigenvalue weighted by molar-refractivity contribution is -0.159. The van der Waals surface area contributed by atoms with Gasteiger partial charge in [-0.1, -0.05) is 78.2 Å². The maximum Gasteiger partial charge on any atom is 0.324 e. The van der Waals surface area contributed by atoms with Crippen molar-refractivity contribution in [1.82, 2.24) is 0 Å². The smallest absolute Gasteiger partial charge is 0.324 e. The SMILES string of the molecule is CCCCC/C=C(\C(CCCC)C(=O)CCCCCCC)C(C(=O)OCC)C(=O)OCC. The number of ether oxygens (including phenoxy) is 2. The first kappa shape index (κ1) is 30.4. The Kier molecular flexibility index (Phi) is 19.0. The van der Waals surface area contributed by atoms with Crippen LogP contribution in [0.2, 0.25) is 0 Å². The number of carbonyl (C=O) groups excluding carboxylic acids is 3. The van der Waals surface area contributed by atoms with Gasteiger partial charge in [0, 0.05) is 12.3 Å². The van der Waals surface area contributed by atoms with Gasteiger partial charge in [-0.25, -0.2) is 0 Å². The summed E-state index contributed by atoms with van der Waals surface area (Å²) in [7, 11) is 0. The lowest BCUT2D eigenvalue weighted by Crippen LogP contribution is -2.34. The number of rotatable bonds is 20. The first-order chi connectivity index (χ1) is 15.5. The Bertz CT molecular complexity index is 534. The molecule has 0 saturated carbocycles. The number of ketones is 1. The van der Waals surface area contributed by atoms with E-state index < -0.39 is 23.8 Å². The van der Waals surface area contributed by atoms with Crippen LogP contribution in [0.1, 0.15) is 118 Å². The summed E-state index contributed by atoms with van der Waals surface area (Å²) < 4.78 is 10.5. The fourth-order valence-corrected chi connectivity index (χ4v) is 3.94. The summed E-state index contributed by atoms with van der Waals surface area (Å²) in [5.74, 6) is -2.66. The Labute approximate surface area is 196 Å². The van der Waals surface area contributed by atoms with E-state index >= 15 is 0 Å². The molecular formula is C27H48O5. The molecule has 1 atom stereocenters. The molecule has 0 aromatic heterocycles. The zero-order chi connectivity index (χ0) is 24.2. The maximum absolute atomic E-state index is 13.3. The summed E-state index contributed by atoms with van der Waals surface area (Å²) >= 11 is 0. The Morgan fingerprint density at radius 1 is 0.688 bits per heavy atom. The first-order valence-corrected chi connectivity index (χ1v) is 13.0. The van der Waals surface area contributed by atoms with Crippen molar-refractivity contribution in [2.24, 2.45) is 11.8 Å². The van der Waals surface area contributed by atoms with Crippen molar-refractivity contribution in [3.05, 3.63) is 11.6 Å². The van der Waals surface area contributed by atoms with Gasteiger partial charge >= 0.3 is 11.9 Å². The van der Waals surface area contributed by atoms with Crippen molar-refractivity contribution in [1.29, 1.82) is 0 Å². The van der Waals surface area contributed by atoms with Crippen LogP contribution in [0.25, 0.3) is 0 Å². The Morgan fingerprint density at radius 3 is 1.75 bits per heavy atom. The molecule has 0 radical (unpaired) electrons. The third-order valence-electron chi connectivity index (χ3n) is 5.73. The van der Waals surface area contributed by atoms with Crippen LogP contribution in [-0.4, -0.2) is 30.9 Å². The van der Waals surface area contributed by atoms with Crippen LogP contribution in [0, 0.1) is 11.8 Å². The number of hydrogen-bond acceptors (Lipinski definition) is 5. The molecule has 0 heterocycles. The van der Waals surface area contributed by atoms with Crippen LogP contribution in [0.4, 0.5) is 0 Å². The van der Waals surface area contributed by atoms with E-state index in [0.29, 0.717) is 18.4 Å². The predicted octanol–water partition coefficient (Wildman–Crippen LogP) is 6.97. The molecule has 0 aliphatic carbocycles. The second-order valence-corrected chi connectivity index (χ2v) is 8.46. The average molecular weight is 453 g/mol. The van der Waals surface area contributed by atoms with Crippen molar-refractivity contribution in [2.75, 3.05) is 13.2 Å². The predicted molar refractivity (Wildman–Crippen MR) is 130 cm³/mol. The molecule has 0 aliphatic heterocycles. The first-order valence-electron chi connectivity index (χ1n) is 13.0. The Balaban J connectivity index is 5.90. The third kappa shape index (κ3) is 12.4. The number of hydrogen-bond donors (Lipinski definition) is 0. The quantitative estimate of drug-likeness (QED) is 0.0863. The number of carbonyl (C=O) groups is 3. The highest BCUT2D eigenvalue weighted by molar-refractivity contribution is 6.00. The van der Waals surface area contributed by atoms with Gasteiger partial charge in [-0.15, -0.1) is 0 Å².